The van der Waals surface area contributed by atoms with E-state index in [2.05, 4.69) is 15.6 Å². The van der Waals surface area contributed by atoms with Gasteiger partial charge in [0, 0.05) is 18.5 Å². The number of para-hydroxylation sites is 1. The second-order valence-corrected chi connectivity index (χ2v) is 4.19. The molecular formula is C14H14FN3O2. The van der Waals surface area contributed by atoms with Crippen molar-refractivity contribution in [2.24, 2.45) is 0 Å². The van der Waals surface area contributed by atoms with E-state index in [1.807, 2.05) is 0 Å². The number of fused-ring (bicyclic) bond motifs is 1. The summed E-state index contributed by atoms with van der Waals surface area (Å²) in [5, 5.41) is 5.81. The highest BCUT2D eigenvalue weighted by molar-refractivity contribution is 5.94. The molecule has 1 aromatic carbocycles. The van der Waals surface area contributed by atoms with Crippen molar-refractivity contribution in [1.29, 1.82) is 0 Å². The number of nitrogens with zero attached hydrogens (tertiary/aromatic N) is 1. The summed E-state index contributed by atoms with van der Waals surface area (Å²) in [6, 6.07) is 7.86. The monoisotopic (exact) mass is 275 g/mol. The van der Waals surface area contributed by atoms with E-state index in [0.717, 1.165) is 0 Å². The lowest BCUT2D eigenvalue weighted by molar-refractivity contribution is -0.109. The van der Waals surface area contributed by atoms with Gasteiger partial charge in [0.25, 0.3) is 5.91 Å². The third-order valence-electron chi connectivity index (χ3n) is 2.77. The van der Waals surface area contributed by atoms with Gasteiger partial charge in [-0.05, 0) is 18.6 Å². The summed E-state index contributed by atoms with van der Waals surface area (Å²) in [7, 11) is 0. The van der Waals surface area contributed by atoms with Gasteiger partial charge in [0.1, 0.15) is 17.0 Å². The molecule has 2 N–H and O–H groups in total. The van der Waals surface area contributed by atoms with Crippen molar-refractivity contribution < 1.29 is 14.0 Å². The van der Waals surface area contributed by atoms with Gasteiger partial charge in [-0.3, -0.25) is 9.59 Å². The highest BCUT2D eigenvalue weighted by Crippen LogP contribution is 2.15. The van der Waals surface area contributed by atoms with Crippen LogP contribution in [0.25, 0.3) is 10.9 Å². The minimum Gasteiger partial charge on any atom is -0.359 e. The van der Waals surface area contributed by atoms with Crippen LogP contribution in [0.5, 0.6) is 0 Å². The average molecular weight is 275 g/mol. The molecule has 1 heterocycles. The van der Waals surface area contributed by atoms with Gasteiger partial charge in [-0.25, -0.2) is 9.37 Å². The molecule has 0 spiro atoms. The van der Waals surface area contributed by atoms with Crippen LogP contribution in [0.15, 0.2) is 30.3 Å². The molecule has 6 heteroatoms. The SMILES string of the molecule is O=CNCCCNC(=O)c1ccc2cccc(F)c2n1. The van der Waals surface area contributed by atoms with E-state index in [1.165, 1.54) is 6.07 Å². The number of halogens is 1. The van der Waals surface area contributed by atoms with Crippen molar-refractivity contribution >= 4 is 23.2 Å². The van der Waals surface area contributed by atoms with Crippen molar-refractivity contribution in [3.8, 4) is 0 Å². The Morgan fingerprint density at radius 2 is 2.10 bits per heavy atom. The molecule has 0 unspecified atom stereocenters. The Labute approximate surface area is 115 Å². The van der Waals surface area contributed by atoms with Crippen LogP contribution >= 0.6 is 0 Å². The molecule has 104 valence electrons. The van der Waals surface area contributed by atoms with Gasteiger partial charge in [-0.2, -0.15) is 0 Å². The molecule has 0 aliphatic rings. The molecule has 0 saturated heterocycles. The molecule has 0 aliphatic heterocycles. The Kier molecular flexibility index (Phi) is 4.60. The number of aromatic nitrogens is 1. The molecule has 2 aromatic rings. The summed E-state index contributed by atoms with van der Waals surface area (Å²) in [6.45, 7) is 0.903. The summed E-state index contributed by atoms with van der Waals surface area (Å²) in [5.41, 5.74) is 0.355. The van der Waals surface area contributed by atoms with Gasteiger partial charge in [-0.1, -0.05) is 18.2 Å². The Bertz CT molecular complexity index is 631. The minimum absolute atomic E-state index is 0.172. The number of hydrogen-bond donors (Lipinski definition) is 2. The van der Waals surface area contributed by atoms with E-state index in [4.69, 9.17) is 0 Å². The van der Waals surface area contributed by atoms with Crippen LogP contribution < -0.4 is 10.6 Å². The van der Waals surface area contributed by atoms with E-state index in [1.54, 1.807) is 24.3 Å². The molecule has 1 aromatic heterocycles. The standard InChI is InChI=1S/C14H14FN3O2/c15-11-4-1-3-10-5-6-12(18-13(10)11)14(20)17-8-2-7-16-9-19/h1,3-6,9H,2,7-8H2,(H,16,19)(H,17,20). The van der Waals surface area contributed by atoms with E-state index in [9.17, 15) is 14.0 Å². The lowest BCUT2D eigenvalue weighted by Gasteiger charge is -2.05. The Morgan fingerprint density at radius 1 is 1.25 bits per heavy atom. The lowest BCUT2D eigenvalue weighted by atomic mass is 10.2. The predicted octanol–water partition coefficient (Wildman–Crippen LogP) is 1.24. The van der Waals surface area contributed by atoms with Crippen LogP contribution in [0.2, 0.25) is 0 Å². The summed E-state index contributed by atoms with van der Waals surface area (Å²) >= 11 is 0. The third kappa shape index (κ3) is 3.28. The highest BCUT2D eigenvalue weighted by Gasteiger charge is 2.09. The molecule has 2 rings (SSSR count). The Balaban J connectivity index is 2.03. The Morgan fingerprint density at radius 3 is 2.90 bits per heavy atom. The molecule has 2 amide bonds. The second kappa shape index (κ2) is 6.60. The van der Waals surface area contributed by atoms with Crippen LogP contribution in [0.3, 0.4) is 0 Å². The first-order chi connectivity index (χ1) is 9.72. The predicted molar refractivity (Wildman–Crippen MR) is 72.7 cm³/mol. The van der Waals surface area contributed by atoms with Crippen LogP contribution in [0.4, 0.5) is 4.39 Å². The summed E-state index contributed by atoms with van der Waals surface area (Å²) in [4.78, 5) is 25.9. The number of rotatable bonds is 6. The fraction of sp³-hybridized carbons (Fsp3) is 0.214. The van der Waals surface area contributed by atoms with E-state index in [-0.39, 0.29) is 17.1 Å². The van der Waals surface area contributed by atoms with Gasteiger partial charge in [-0.15, -0.1) is 0 Å². The summed E-state index contributed by atoms with van der Waals surface area (Å²) in [6.07, 6.45) is 1.22. The quantitative estimate of drug-likeness (QED) is 0.615. The molecule has 0 aliphatic carbocycles. The number of benzene rings is 1. The van der Waals surface area contributed by atoms with Gasteiger partial charge in [0.05, 0.1) is 0 Å². The van der Waals surface area contributed by atoms with E-state index < -0.39 is 5.82 Å². The summed E-state index contributed by atoms with van der Waals surface area (Å²) < 4.78 is 13.6. The van der Waals surface area contributed by atoms with Crippen molar-refractivity contribution in [3.63, 3.8) is 0 Å². The first kappa shape index (κ1) is 13.9. The zero-order chi connectivity index (χ0) is 14.4. The number of pyridine rings is 1. The van der Waals surface area contributed by atoms with Crippen molar-refractivity contribution in [3.05, 3.63) is 41.8 Å². The molecule has 0 saturated carbocycles. The molecule has 0 radical (unpaired) electrons. The molecule has 20 heavy (non-hydrogen) atoms. The van der Waals surface area contributed by atoms with E-state index >= 15 is 0 Å². The zero-order valence-corrected chi connectivity index (χ0v) is 10.7. The summed E-state index contributed by atoms with van der Waals surface area (Å²) in [5.74, 6) is -0.811. The number of amides is 2. The van der Waals surface area contributed by atoms with Crippen LogP contribution in [0.1, 0.15) is 16.9 Å². The molecule has 0 fully saturated rings. The van der Waals surface area contributed by atoms with E-state index in [0.29, 0.717) is 31.3 Å². The smallest absolute Gasteiger partial charge is 0.269 e. The minimum atomic E-state index is -0.452. The first-order valence-corrected chi connectivity index (χ1v) is 6.23. The fourth-order valence-corrected chi connectivity index (χ4v) is 1.78. The topological polar surface area (TPSA) is 71.1 Å². The van der Waals surface area contributed by atoms with Crippen molar-refractivity contribution in [1.82, 2.24) is 15.6 Å². The van der Waals surface area contributed by atoms with Gasteiger partial charge < -0.3 is 10.6 Å². The van der Waals surface area contributed by atoms with Crippen LogP contribution in [-0.4, -0.2) is 30.4 Å². The number of hydrogen-bond acceptors (Lipinski definition) is 3. The molecule has 0 atom stereocenters. The maximum atomic E-state index is 13.6. The Hall–Kier alpha value is -2.50. The molecule has 5 nitrogen and oxygen atoms in total. The fourth-order valence-electron chi connectivity index (χ4n) is 1.78. The largest absolute Gasteiger partial charge is 0.359 e. The molecular weight excluding hydrogens is 261 g/mol. The normalized spacial score (nSPS) is 10.2. The lowest BCUT2D eigenvalue weighted by Crippen LogP contribution is -2.27. The van der Waals surface area contributed by atoms with Gasteiger partial charge in [0.2, 0.25) is 6.41 Å². The zero-order valence-electron chi connectivity index (χ0n) is 10.7. The van der Waals surface area contributed by atoms with Crippen LogP contribution in [-0.2, 0) is 4.79 Å². The van der Waals surface area contributed by atoms with Crippen molar-refractivity contribution in [2.45, 2.75) is 6.42 Å². The van der Waals surface area contributed by atoms with Gasteiger partial charge in [0.15, 0.2) is 0 Å². The average Bonchev–Trinajstić information content (AvgIpc) is 2.47. The first-order valence-electron chi connectivity index (χ1n) is 6.23. The maximum absolute atomic E-state index is 13.6. The van der Waals surface area contributed by atoms with Crippen LogP contribution in [0, 0.1) is 5.82 Å². The third-order valence-corrected chi connectivity index (χ3v) is 2.77. The second-order valence-electron chi connectivity index (χ2n) is 4.19. The number of carbonyl (C=O) groups excluding carboxylic acids is 2. The number of nitrogens with one attached hydrogen (secondary N) is 2. The number of carbonyl (C=O) groups is 2. The highest BCUT2D eigenvalue weighted by atomic mass is 19.1. The van der Waals surface area contributed by atoms with Gasteiger partial charge >= 0.3 is 0 Å². The van der Waals surface area contributed by atoms with Crippen molar-refractivity contribution in [2.75, 3.05) is 13.1 Å². The molecule has 0 bridgehead atoms. The maximum Gasteiger partial charge on any atom is 0.269 e.